The molecular weight excluding hydrogens is 344 g/mol. The predicted molar refractivity (Wildman–Crippen MR) is 112 cm³/mol. The molecule has 0 spiro atoms. The standard InChI is InChI=1S/C25H26N2O/c28-25(27-14-12-19(13-15-27)16-18-6-2-1-3-7-18)22-17-24(20-10-11-20)26-23-9-5-4-8-21(22)23/h1-9,17,19-20H,10-16H2. The molecule has 3 aromatic rings. The summed E-state index contributed by atoms with van der Waals surface area (Å²) in [6.07, 6.45) is 5.68. The third kappa shape index (κ3) is 3.54. The smallest absolute Gasteiger partial charge is 0.254 e. The Morgan fingerprint density at radius 3 is 2.39 bits per heavy atom. The van der Waals surface area contributed by atoms with Gasteiger partial charge in [0.05, 0.1) is 11.1 Å². The maximum Gasteiger partial charge on any atom is 0.254 e. The fourth-order valence-electron chi connectivity index (χ4n) is 4.42. The fraction of sp³-hybridized carbons (Fsp3) is 0.360. The van der Waals surface area contributed by atoms with Gasteiger partial charge in [0.25, 0.3) is 5.91 Å². The molecule has 142 valence electrons. The Hall–Kier alpha value is -2.68. The Labute approximate surface area is 166 Å². The largest absolute Gasteiger partial charge is 0.339 e. The lowest BCUT2D eigenvalue weighted by atomic mass is 9.90. The number of aromatic nitrogens is 1. The summed E-state index contributed by atoms with van der Waals surface area (Å²) in [6, 6.07) is 20.9. The van der Waals surface area contributed by atoms with Crippen LogP contribution in [0.1, 0.15) is 53.2 Å². The SMILES string of the molecule is O=C(c1cc(C2CC2)nc2ccccc12)N1CCC(Cc2ccccc2)CC1. The highest BCUT2D eigenvalue weighted by Gasteiger charge is 2.29. The summed E-state index contributed by atoms with van der Waals surface area (Å²) in [6.45, 7) is 1.71. The number of para-hydroxylation sites is 1. The van der Waals surface area contributed by atoms with E-state index in [1.807, 2.05) is 24.3 Å². The second-order valence-electron chi connectivity index (χ2n) is 8.31. The minimum atomic E-state index is 0.179. The number of hydrogen-bond donors (Lipinski definition) is 0. The first-order valence-electron chi connectivity index (χ1n) is 10.5. The molecule has 1 saturated heterocycles. The minimum Gasteiger partial charge on any atom is -0.339 e. The Morgan fingerprint density at radius 1 is 0.929 bits per heavy atom. The molecule has 1 aromatic heterocycles. The van der Waals surface area contributed by atoms with Crippen molar-refractivity contribution in [3.63, 3.8) is 0 Å². The molecule has 0 N–H and O–H groups in total. The molecule has 0 bridgehead atoms. The minimum absolute atomic E-state index is 0.179. The van der Waals surface area contributed by atoms with Gasteiger partial charge in [0.15, 0.2) is 0 Å². The van der Waals surface area contributed by atoms with Gasteiger partial charge in [0, 0.05) is 30.1 Å². The van der Waals surface area contributed by atoms with Gasteiger partial charge in [-0.3, -0.25) is 9.78 Å². The molecule has 2 aliphatic rings. The second kappa shape index (κ2) is 7.38. The number of fused-ring (bicyclic) bond motifs is 1. The number of benzene rings is 2. The molecule has 0 atom stereocenters. The van der Waals surface area contributed by atoms with Gasteiger partial charge in [-0.15, -0.1) is 0 Å². The Bertz CT molecular complexity index is 986. The average Bonchev–Trinajstić information content (AvgIpc) is 3.59. The van der Waals surface area contributed by atoms with Crippen molar-refractivity contribution in [1.82, 2.24) is 9.88 Å². The topological polar surface area (TPSA) is 33.2 Å². The first kappa shape index (κ1) is 17.4. The number of carbonyl (C=O) groups is 1. The van der Waals surface area contributed by atoms with Gasteiger partial charge < -0.3 is 4.90 Å². The summed E-state index contributed by atoms with van der Waals surface area (Å²) in [5, 5.41) is 0.989. The Balaban J connectivity index is 1.33. The van der Waals surface area contributed by atoms with Crippen LogP contribution in [0.3, 0.4) is 0 Å². The number of carbonyl (C=O) groups excluding carboxylic acids is 1. The third-order valence-corrected chi connectivity index (χ3v) is 6.23. The molecule has 1 aliphatic carbocycles. The van der Waals surface area contributed by atoms with E-state index in [-0.39, 0.29) is 5.91 Å². The van der Waals surface area contributed by atoms with Gasteiger partial charge in [0.2, 0.25) is 0 Å². The van der Waals surface area contributed by atoms with Crippen molar-refractivity contribution in [3.8, 4) is 0 Å². The van der Waals surface area contributed by atoms with Crippen molar-refractivity contribution in [2.45, 2.75) is 38.0 Å². The monoisotopic (exact) mass is 370 g/mol. The maximum absolute atomic E-state index is 13.4. The number of amides is 1. The molecule has 2 heterocycles. The van der Waals surface area contributed by atoms with Crippen molar-refractivity contribution in [1.29, 1.82) is 0 Å². The highest BCUT2D eigenvalue weighted by atomic mass is 16.2. The summed E-state index contributed by atoms with van der Waals surface area (Å²) in [5.74, 6) is 1.40. The van der Waals surface area contributed by atoms with Crippen LogP contribution in [0, 0.1) is 5.92 Å². The number of nitrogens with zero attached hydrogens (tertiary/aromatic N) is 2. The number of rotatable bonds is 4. The zero-order valence-electron chi connectivity index (χ0n) is 16.2. The van der Waals surface area contributed by atoms with Crippen LogP contribution >= 0.6 is 0 Å². The van der Waals surface area contributed by atoms with E-state index in [0.717, 1.165) is 54.5 Å². The van der Waals surface area contributed by atoms with E-state index < -0.39 is 0 Å². The normalized spacial score (nSPS) is 17.8. The molecule has 1 amide bonds. The zero-order valence-corrected chi connectivity index (χ0v) is 16.2. The van der Waals surface area contributed by atoms with E-state index in [2.05, 4.69) is 41.3 Å². The quantitative estimate of drug-likeness (QED) is 0.632. The molecule has 1 aliphatic heterocycles. The lowest BCUT2D eigenvalue weighted by Gasteiger charge is -2.32. The van der Waals surface area contributed by atoms with Crippen LogP contribution < -0.4 is 0 Å². The molecule has 28 heavy (non-hydrogen) atoms. The molecule has 0 unspecified atom stereocenters. The van der Waals surface area contributed by atoms with Crippen LogP contribution in [-0.4, -0.2) is 28.9 Å². The van der Waals surface area contributed by atoms with E-state index in [4.69, 9.17) is 4.98 Å². The van der Waals surface area contributed by atoms with Gasteiger partial charge in [-0.2, -0.15) is 0 Å². The Morgan fingerprint density at radius 2 is 1.64 bits per heavy atom. The number of likely N-dealkylation sites (tertiary alicyclic amines) is 1. The van der Waals surface area contributed by atoms with Gasteiger partial charge >= 0.3 is 0 Å². The van der Waals surface area contributed by atoms with Crippen molar-refractivity contribution in [3.05, 3.63) is 77.5 Å². The van der Waals surface area contributed by atoms with Crippen LogP contribution in [-0.2, 0) is 6.42 Å². The lowest BCUT2D eigenvalue weighted by Crippen LogP contribution is -2.39. The first-order chi connectivity index (χ1) is 13.8. The second-order valence-corrected chi connectivity index (χ2v) is 8.31. The molecule has 2 fully saturated rings. The number of piperidine rings is 1. The van der Waals surface area contributed by atoms with Gasteiger partial charge in [-0.25, -0.2) is 0 Å². The van der Waals surface area contributed by atoms with E-state index in [9.17, 15) is 4.79 Å². The lowest BCUT2D eigenvalue weighted by molar-refractivity contribution is 0.0692. The first-order valence-corrected chi connectivity index (χ1v) is 10.5. The van der Waals surface area contributed by atoms with E-state index in [0.29, 0.717) is 11.8 Å². The summed E-state index contributed by atoms with van der Waals surface area (Å²) in [4.78, 5) is 20.2. The molecule has 5 rings (SSSR count). The molecule has 0 radical (unpaired) electrons. The van der Waals surface area contributed by atoms with Crippen LogP contribution in [0.2, 0.25) is 0 Å². The van der Waals surface area contributed by atoms with Crippen LogP contribution in [0.4, 0.5) is 0 Å². The molecule has 2 aromatic carbocycles. The van der Waals surface area contributed by atoms with Crippen molar-refractivity contribution < 1.29 is 4.79 Å². The highest BCUT2D eigenvalue weighted by molar-refractivity contribution is 6.06. The molecular formula is C25H26N2O. The van der Waals surface area contributed by atoms with Crippen molar-refractivity contribution in [2.75, 3.05) is 13.1 Å². The summed E-state index contributed by atoms with van der Waals surface area (Å²) >= 11 is 0. The summed E-state index contributed by atoms with van der Waals surface area (Å²) in [5.41, 5.74) is 4.30. The van der Waals surface area contributed by atoms with Crippen LogP contribution in [0.5, 0.6) is 0 Å². The van der Waals surface area contributed by atoms with Gasteiger partial charge in [-0.1, -0.05) is 48.5 Å². The van der Waals surface area contributed by atoms with Gasteiger partial charge in [-0.05, 0) is 55.7 Å². The Kier molecular flexibility index (Phi) is 4.59. The average molecular weight is 370 g/mol. The van der Waals surface area contributed by atoms with E-state index >= 15 is 0 Å². The number of pyridine rings is 1. The van der Waals surface area contributed by atoms with Gasteiger partial charge in [0.1, 0.15) is 0 Å². The summed E-state index contributed by atoms with van der Waals surface area (Å²) < 4.78 is 0. The molecule has 3 heteroatoms. The van der Waals surface area contributed by atoms with E-state index in [1.54, 1.807) is 0 Å². The number of hydrogen-bond acceptors (Lipinski definition) is 2. The molecule has 1 saturated carbocycles. The molecule has 3 nitrogen and oxygen atoms in total. The fourth-order valence-corrected chi connectivity index (χ4v) is 4.42. The third-order valence-electron chi connectivity index (χ3n) is 6.23. The van der Waals surface area contributed by atoms with Crippen LogP contribution in [0.15, 0.2) is 60.7 Å². The highest BCUT2D eigenvalue weighted by Crippen LogP contribution is 2.40. The summed E-state index contributed by atoms with van der Waals surface area (Å²) in [7, 11) is 0. The zero-order chi connectivity index (χ0) is 18.9. The predicted octanol–water partition coefficient (Wildman–Crippen LogP) is 5.21. The van der Waals surface area contributed by atoms with E-state index in [1.165, 1.54) is 18.4 Å². The maximum atomic E-state index is 13.4. The van der Waals surface area contributed by atoms with Crippen molar-refractivity contribution in [2.24, 2.45) is 5.92 Å². The van der Waals surface area contributed by atoms with Crippen molar-refractivity contribution >= 4 is 16.8 Å². The van der Waals surface area contributed by atoms with Crippen LogP contribution in [0.25, 0.3) is 10.9 Å².